The Morgan fingerprint density at radius 1 is 1.07 bits per heavy atom. The van der Waals surface area contributed by atoms with E-state index in [2.05, 4.69) is 27.0 Å². The topological polar surface area (TPSA) is 77.2 Å². The Kier molecular flexibility index (Phi) is 6.81. The van der Waals surface area contributed by atoms with Crippen LogP contribution < -0.4 is 5.32 Å². The molecular weight excluding hydrogens is 570 g/mol. The van der Waals surface area contributed by atoms with Crippen molar-refractivity contribution in [1.82, 2.24) is 24.7 Å². The van der Waals surface area contributed by atoms with Crippen molar-refractivity contribution in [3.05, 3.63) is 88.7 Å². The van der Waals surface area contributed by atoms with Gasteiger partial charge < -0.3 is 14.8 Å². The number of amides is 1. The number of pyridine rings is 1. The number of halogens is 2. The number of likely N-dealkylation sites (N-methyl/N-ethyl adjacent to an activating group) is 1. The number of hydrogen-bond acceptors (Lipinski definition) is 5. The largest absolute Gasteiger partial charge is 0.337 e. The van der Waals surface area contributed by atoms with Crippen LogP contribution in [0.3, 0.4) is 0 Å². The zero-order valence-electron chi connectivity index (χ0n) is 25.2. The molecule has 3 atom stereocenters. The molecule has 5 aromatic rings. The molecule has 9 rings (SSSR count). The van der Waals surface area contributed by atoms with Crippen molar-refractivity contribution in [3.63, 3.8) is 0 Å². The number of aryl methyl sites for hydroxylation is 1. The molecule has 3 aliphatic heterocycles. The molecule has 1 aliphatic carbocycles. The molecule has 2 aromatic heterocycles. The van der Waals surface area contributed by atoms with Crippen molar-refractivity contribution >= 4 is 38.5 Å². The van der Waals surface area contributed by atoms with Gasteiger partial charge in [0.15, 0.2) is 5.82 Å². The first-order valence-electron chi connectivity index (χ1n) is 15.8. The predicted octanol–water partition coefficient (Wildman–Crippen LogP) is 5.47. The van der Waals surface area contributed by atoms with Crippen molar-refractivity contribution in [3.8, 4) is 6.07 Å². The molecule has 1 amide bonds. The molecule has 4 fully saturated rings. The molecule has 4 aliphatic rings. The normalized spacial score (nSPS) is 21.6. The first kappa shape index (κ1) is 28.1. The van der Waals surface area contributed by atoms with E-state index < -0.39 is 5.82 Å². The van der Waals surface area contributed by atoms with Crippen LogP contribution in [-0.4, -0.2) is 64.5 Å². The second kappa shape index (κ2) is 10.9. The molecule has 0 unspecified atom stereocenters. The first-order valence-corrected chi connectivity index (χ1v) is 15.8. The van der Waals surface area contributed by atoms with Crippen LogP contribution in [0.15, 0.2) is 54.7 Å². The summed E-state index contributed by atoms with van der Waals surface area (Å²) < 4.78 is 33.5. The van der Waals surface area contributed by atoms with E-state index in [1.807, 2.05) is 41.1 Å². The van der Waals surface area contributed by atoms with Gasteiger partial charge in [0, 0.05) is 61.2 Å². The fourth-order valence-corrected chi connectivity index (χ4v) is 7.91. The molecule has 45 heavy (non-hydrogen) atoms. The minimum absolute atomic E-state index is 0.112. The molecule has 3 aromatic carbocycles. The monoisotopic (exact) mass is 604 g/mol. The van der Waals surface area contributed by atoms with Crippen molar-refractivity contribution in [2.45, 2.75) is 44.3 Å². The van der Waals surface area contributed by atoms with Crippen molar-refractivity contribution in [1.29, 1.82) is 5.26 Å². The van der Waals surface area contributed by atoms with Crippen LogP contribution in [0.1, 0.15) is 41.3 Å². The van der Waals surface area contributed by atoms with Crippen LogP contribution in [0.4, 0.5) is 8.78 Å². The minimum Gasteiger partial charge on any atom is -0.337 e. The van der Waals surface area contributed by atoms with Gasteiger partial charge in [-0.2, -0.15) is 5.26 Å². The predicted molar refractivity (Wildman–Crippen MR) is 170 cm³/mol. The second-order valence-electron chi connectivity index (χ2n) is 13.0. The average molecular weight is 605 g/mol. The quantitative estimate of drug-likeness (QED) is 0.267. The highest BCUT2D eigenvalue weighted by molar-refractivity contribution is 6.05. The third kappa shape index (κ3) is 4.66. The summed E-state index contributed by atoms with van der Waals surface area (Å²) in [4.78, 5) is 21.6. The summed E-state index contributed by atoms with van der Waals surface area (Å²) in [6.45, 7) is 3.34. The van der Waals surface area contributed by atoms with Gasteiger partial charge >= 0.3 is 0 Å². The molecule has 7 nitrogen and oxygen atoms in total. The van der Waals surface area contributed by atoms with E-state index in [4.69, 9.17) is 0 Å². The fourth-order valence-electron chi connectivity index (χ4n) is 7.91. The Hall–Kier alpha value is -4.39. The summed E-state index contributed by atoms with van der Waals surface area (Å²) in [6.07, 6.45) is 3.77. The number of nitrogens with zero attached hydrogens (tertiary/aromatic N) is 5. The maximum absolute atomic E-state index is 16.8. The molecule has 3 saturated heterocycles. The zero-order chi connectivity index (χ0) is 30.8. The molecule has 9 heteroatoms. The van der Waals surface area contributed by atoms with Gasteiger partial charge in [0.2, 0.25) is 5.91 Å². The molecule has 0 radical (unpaired) electrons. The molecule has 1 N–H and O–H groups in total. The molecule has 2 bridgehead atoms. The summed E-state index contributed by atoms with van der Waals surface area (Å²) in [6, 6.07) is 17.4. The highest BCUT2D eigenvalue weighted by atomic mass is 19.1. The second-order valence-corrected chi connectivity index (χ2v) is 13.0. The molecule has 5 heterocycles. The number of aromatic nitrogens is 2. The third-order valence-corrected chi connectivity index (χ3v) is 10.2. The van der Waals surface area contributed by atoms with Gasteiger partial charge in [-0.3, -0.25) is 14.7 Å². The Morgan fingerprint density at radius 3 is 2.73 bits per heavy atom. The van der Waals surface area contributed by atoms with Gasteiger partial charge in [-0.25, -0.2) is 8.78 Å². The Balaban J connectivity index is 1.30. The van der Waals surface area contributed by atoms with Gasteiger partial charge in [-0.15, -0.1) is 0 Å². The van der Waals surface area contributed by atoms with Gasteiger partial charge in [0.1, 0.15) is 11.3 Å². The van der Waals surface area contributed by atoms with Crippen LogP contribution in [-0.2, 0) is 24.2 Å². The summed E-state index contributed by atoms with van der Waals surface area (Å²) >= 11 is 0. The minimum atomic E-state index is -0.394. The highest BCUT2D eigenvalue weighted by Crippen LogP contribution is 2.47. The number of nitriles is 1. The van der Waals surface area contributed by atoms with Crippen molar-refractivity contribution in [2.24, 2.45) is 5.92 Å². The lowest BCUT2D eigenvalue weighted by molar-refractivity contribution is -0.136. The van der Waals surface area contributed by atoms with E-state index in [0.29, 0.717) is 49.1 Å². The highest BCUT2D eigenvalue weighted by Gasteiger charge is 2.49. The summed E-state index contributed by atoms with van der Waals surface area (Å²) in [5.41, 5.74) is 4.36. The van der Waals surface area contributed by atoms with Gasteiger partial charge in [0.25, 0.3) is 0 Å². The molecule has 228 valence electrons. The van der Waals surface area contributed by atoms with Crippen LogP contribution in [0.2, 0.25) is 0 Å². The summed E-state index contributed by atoms with van der Waals surface area (Å²) in [7, 11) is 1.97. The van der Waals surface area contributed by atoms with Crippen LogP contribution >= 0.6 is 0 Å². The number of benzene rings is 3. The van der Waals surface area contributed by atoms with E-state index in [0.717, 1.165) is 63.4 Å². The number of carbonyl (C=O) groups excluding carboxylic acids is 1. The zero-order valence-corrected chi connectivity index (χ0v) is 25.2. The lowest BCUT2D eigenvalue weighted by atomic mass is 9.79. The number of rotatable bonds is 7. The third-order valence-electron chi connectivity index (χ3n) is 10.2. The molecule has 1 saturated carbocycles. The molecule has 0 spiro atoms. The number of nitrogens with one attached hydrogen (secondary N) is 1. The lowest BCUT2D eigenvalue weighted by Crippen LogP contribution is -2.48. The van der Waals surface area contributed by atoms with Crippen molar-refractivity contribution < 1.29 is 13.6 Å². The number of hydrogen-bond donors (Lipinski definition) is 1. The van der Waals surface area contributed by atoms with Gasteiger partial charge in [0.05, 0.1) is 30.7 Å². The van der Waals surface area contributed by atoms with E-state index in [9.17, 15) is 14.4 Å². The van der Waals surface area contributed by atoms with Crippen LogP contribution in [0.25, 0.3) is 32.6 Å². The smallest absolute Gasteiger partial charge is 0.237 e. The lowest BCUT2D eigenvalue weighted by Gasteiger charge is -2.39. The van der Waals surface area contributed by atoms with E-state index in [1.165, 1.54) is 12.1 Å². The van der Waals surface area contributed by atoms with E-state index in [1.54, 1.807) is 12.3 Å². The molecular formula is C36H34F2N6O. The summed E-state index contributed by atoms with van der Waals surface area (Å²) in [5, 5.41) is 16.4. The Bertz CT molecular complexity index is 2030. The van der Waals surface area contributed by atoms with Gasteiger partial charge in [-0.05, 0) is 77.5 Å². The first-order chi connectivity index (χ1) is 21.9. The SMILES string of the molecule is CN1CCN(Cc2cc3cnc4c(F)c(Cc5cccc6ccc(F)cc56)c(CCC#N)cc4c3n2[C@H]2[C@H]3CN[C@@H]2C3)C(=O)C1. The number of piperazine rings is 1. The van der Waals surface area contributed by atoms with Crippen LogP contribution in [0.5, 0.6) is 0 Å². The van der Waals surface area contributed by atoms with Crippen LogP contribution in [0, 0.1) is 28.9 Å². The van der Waals surface area contributed by atoms with Crippen molar-refractivity contribution in [2.75, 3.05) is 33.2 Å². The standard InChI is InChI=1S/C36H34F2N6O/c1-42-10-11-43(32(45)20-42)19-27-12-24-18-41-34-30(35(24)44(27)36-25-15-31(36)40-17-25)14-23(6-3-9-39)29(33(34)38)13-22-5-2-4-21-7-8-26(37)16-28(21)22/h2,4-5,7-8,12,14,16,18,25,31,36,40H,3,6,10-11,13,15,17,19-20H2,1H3/t25-,31-,36+/m1/s1. The summed E-state index contributed by atoms with van der Waals surface area (Å²) in [5.74, 6) is -0.142. The van der Waals surface area contributed by atoms with E-state index >= 15 is 4.39 Å². The average Bonchev–Trinajstić information content (AvgIpc) is 3.76. The van der Waals surface area contributed by atoms with E-state index in [-0.39, 0.29) is 30.6 Å². The van der Waals surface area contributed by atoms with Gasteiger partial charge in [-0.1, -0.05) is 24.3 Å². The maximum atomic E-state index is 16.8. The Morgan fingerprint density at radius 2 is 1.96 bits per heavy atom. The number of fused-ring (bicyclic) bond motifs is 5. The fraction of sp³-hybridized carbons (Fsp3) is 0.361. The Labute approximate surface area is 260 Å². The maximum Gasteiger partial charge on any atom is 0.237 e. The number of carbonyl (C=O) groups is 1.